The molecule has 0 aromatic carbocycles. The van der Waals surface area contributed by atoms with Crippen LogP contribution in [-0.2, 0) is 14.6 Å². The summed E-state index contributed by atoms with van der Waals surface area (Å²) >= 11 is 0. The van der Waals surface area contributed by atoms with Gasteiger partial charge in [-0.1, -0.05) is 6.92 Å². The molecular formula is C6H12N2O3. The number of ether oxygens (including phenoxy) is 1. The molecule has 0 spiro atoms. The molecule has 11 heavy (non-hydrogen) atoms. The number of hydrogen-bond donors (Lipinski definition) is 0. The smallest absolute Gasteiger partial charge is 0.0857 e. The van der Waals surface area contributed by atoms with E-state index >= 15 is 0 Å². The van der Waals surface area contributed by atoms with Crippen LogP contribution in [0.25, 0.3) is 0 Å². The van der Waals surface area contributed by atoms with E-state index in [1.807, 2.05) is 0 Å². The lowest BCUT2D eigenvalue weighted by Crippen LogP contribution is -2.42. The van der Waals surface area contributed by atoms with Crippen molar-refractivity contribution in [1.82, 2.24) is 0 Å². The Morgan fingerprint density at radius 2 is 2.27 bits per heavy atom. The lowest BCUT2D eigenvalue weighted by molar-refractivity contribution is -0.281. The van der Waals surface area contributed by atoms with E-state index < -0.39 is 0 Å². The van der Waals surface area contributed by atoms with Gasteiger partial charge in [0.25, 0.3) is 0 Å². The number of hydrogen-bond acceptors (Lipinski definition) is 5. The Morgan fingerprint density at radius 1 is 1.55 bits per heavy atom. The van der Waals surface area contributed by atoms with Gasteiger partial charge in [0.05, 0.1) is 32.1 Å². The minimum absolute atomic E-state index is 0.153. The van der Waals surface area contributed by atoms with Gasteiger partial charge in [0.1, 0.15) is 0 Å². The van der Waals surface area contributed by atoms with Gasteiger partial charge in [0.2, 0.25) is 0 Å². The van der Waals surface area contributed by atoms with Crippen molar-refractivity contribution in [3.63, 3.8) is 0 Å². The van der Waals surface area contributed by atoms with E-state index in [0.29, 0.717) is 6.54 Å². The Bertz CT molecular complexity index is 145. The van der Waals surface area contributed by atoms with Crippen molar-refractivity contribution in [2.24, 2.45) is 15.8 Å². The van der Waals surface area contributed by atoms with Crippen LogP contribution in [0.4, 0.5) is 0 Å². The van der Waals surface area contributed by atoms with Gasteiger partial charge in [0.15, 0.2) is 0 Å². The molecule has 1 aliphatic rings. The van der Waals surface area contributed by atoms with Crippen molar-refractivity contribution >= 4 is 0 Å². The zero-order valence-electron chi connectivity index (χ0n) is 6.74. The largest absolute Gasteiger partial charge is 0.380 e. The molecule has 0 aliphatic carbocycles. The highest BCUT2D eigenvalue weighted by Gasteiger charge is 2.33. The molecule has 0 aromatic rings. The quantitative estimate of drug-likeness (QED) is 0.350. The molecule has 0 radical (unpaired) electrons. The van der Waals surface area contributed by atoms with Gasteiger partial charge < -0.3 is 4.74 Å². The molecule has 5 heteroatoms. The molecule has 0 amide bonds. The Morgan fingerprint density at radius 3 is 2.73 bits per heavy atom. The lowest BCUT2D eigenvalue weighted by atomic mass is 9.89. The Hall–Kier alpha value is -0.680. The SMILES string of the molecule is COO/N=N/CC1(C)COC1. The highest BCUT2D eigenvalue weighted by atomic mass is 17.3. The van der Waals surface area contributed by atoms with Crippen molar-refractivity contribution in [1.29, 1.82) is 0 Å². The second kappa shape index (κ2) is 3.64. The van der Waals surface area contributed by atoms with Gasteiger partial charge in [-0.2, -0.15) is 10.0 Å². The zero-order valence-corrected chi connectivity index (χ0v) is 6.74. The standard InChI is InChI=1S/C6H12N2O3/c1-6(4-10-5-6)3-7-8-11-9-2/h3-5H2,1-2H3/b8-7+. The van der Waals surface area contributed by atoms with Crippen molar-refractivity contribution in [2.45, 2.75) is 6.92 Å². The summed E-state index contributed by atoms with van der Waals surface area (Å²) in [7, 11) is 1.38. The minimum Gasteiger partial charge on any atom is -0.380 e. The van der Waals surface area contributed by atoms with E-state index in [9.17, 15) is 0 Å². The summed E-state index contributed by atoms with van der Waals surface area (Å²) in [5, 5.41) is 7.06. The first-order valence-electron chi connectivity index (χ1n) is 3.41. The molecular weight excluding hydrogens is 148 g/mol. The third-order valence-electron chi connectivity index (χ3n) is 1.52. The van der Waals surface area contributed by atoms with Crippen LogP contribution in [0.15, 0.2) is 10.4 Å². The molecule has 0 aromatic heterocycles. The van der Waals surface area contributed by atoms with E-state index in [1.54, 1.807) is 0 Å². The fourth-order valence-corrected chi connectivity index (χ4v) is 0.798. The van der Waals surface area contributed by atoms with Crippen molar-refractivity contribution in [3.05, 3.63) is 0 Å². The highest BCUT2D eigenvalue weighted by Crippen LogP contribution is 2.26. The monoisotopic (exact) mass is 160 g/mol. The van der Waals surface area contributed by atoms with Crippen molar-refractivity contribution < 1.29 is 14.6 Å². The first-order chi connectivity index (χ1) is 5.27. The fourth-order valence-electron chi connectivity index (χ4n) is 0.798. The van der Waals surface area contributed by atoms with Crippen LogP contribution in [0.5, 0.6) is 0 Å². The molecule has 1 rings (SSSR count). The van der Waals surface area contributed by atoms with Gasteiger partial charge in [-0.15, -0.1) is 0 Å². The Balaban J connectivity index is 2.10. The Kier molecular flexibility index (Phi) is 2.78. The predicted octanol–water partition coefficient (Wildman–Crippen LogP) is 0.968. The average molecular weight is 160 g/mol. The summed E-state index contributed by atoms with van der Waals surface area (Å²) < 4.78 is 5.02. The van der Waals surface area contributed by atoms with Crippen LogP contribution in [-0.4, -0.2) is 26.9 Å². The maximum Gasteiger partial charge on any atom is 0.0857 e. The second-order valence-electron chi connectivity index (χ2n) is 2.93. The third-order valence-corrected chi connectivity index (χ3v) is 1.52. The Labute approximate surface area is 65.2 Å². The summed E-state index contributed by atoms with van der Waals surface area (Å²) in [4.78, 5) is 8.43. The lowest BCUT2D eigenvalue weighted by Gasteiger charge is -2.35. The number of nitrogens with zero attached hydrogens (tertiary/aromatic N) is 2. The molecule has 1 aliphatic heterocycles. The van der Waals surface area contributed by atoms with Crippen LogP contribution in [0.3, 0.4) is 0 Å². The molecule has 1 heterocycles. The molecule has 0 N–H and O–H groups in total. The summed E-state index contributed by atoms with van der Waals surface area (Å²) in [6, 6.07) is 0. The normalized spacial score (nSPS) is 21.6. The summed E-state index contributed by atoms with van der Waals surface area (Å²) in [6.45, 7) is 4.21. The highest BCUT2D eigenvalue weighted by molar-refractivity contribution is 4.81. The van der Waals surface area contributed by atoms with Crippen LogP contribution in [0.2, 0.25) is 0 Å². The third kappa shape index (κ3) is 2.44. The van der Waals surface area contributed by atoms with E-state index in [2.05, 4.69) is 27.2 Å². The van der Waals surface area contributed by atoms with Crippen LogP contribution in [0.1, 0.15) is 6.92 Å². The molecule has 1 saturated heterocycles. The molecule has 0 unspecified atom stereocenters. The van der Waals surface area contributed by atoms with E-state index in [-0.39, 0.29) is 5.41 Å². The van der Waals surface area contributed by atoms with Crippen LogP contribution < -0.4 is 0 Å². The summed E-state index contributed by atoms with van der Waals surface area (Å²) in [6.07, 6.45) is 0. The van der Waals surface area contributed by atoms with E-state index in [4.69, 9.17) is 4.74 Å². The maximum absolute atomic E-state index is 5.02. The maximum atomic E-state index is 5.02. The van der Waals surface area contributed by atoms with Gasteiger partial charge >= 0.3 is 0 Å². The van der Waals surface area contributed by atoms with Crippen molar-refractivity contribution in [3.8, 4) is 0 Å². The van der Waals surface area contributed by atoms with Gasteiger partial charge in [-0.3, -0.25) is 0 Å². The predicted molar refractivity (Wildman–Crippen MR) is 36.7 cm³/mol. The van der Waals surface area contributed by atoms with Crippen LogP contribution >= 0.6 is 0 Å². The van der Waals surface area contributed by atoms with Crippen LogP contribution in [0, 0.1) is 5.41 Å². The molecule has 0 bridgehead atoms. The molecule has 1 fully saturated rings. The van der Waals surface area contributed by atoms with E-state index in [0.717, 1.165) is 13.2 Å². The average Bonchev–Trinajstić information content (AvgIpc) is 1.95. The number of rotatable bonds is 4. The minimum atomic E-state index is 0.153. The summed E-state index contributed by atoms with van der Waals surface area (Å²) in [5.74, 6) is 0. The second-order valence-corrected chi connectivity index (χ2v) is 2.93. The van der Waals surface area contributed by atoms with Gasteiger partial charge in [0, 0.05) is 5.41 Å². The molecule has 64 valence electrons. The molecule has 0 atom stereocenters. The van der Waals surface area contributed by atoms with Gasteiger partial charge in [-0.25, -0.2) is 4.99 Å². The molecule has 5 nitrogen and oxygen atoms in total. The zero-order chi connectivity index (χ0) is 8.16. The first kappa shape index (κ1) is 8.42. The van der Waals surface area contributed by atoms with E-state index in [1.165, 1.54) is 7.11 Å². The fraction of sp³-hybridized carbons (Fsp3) is 1.00. The summed E-state index contributed by atoms with van der Waals surface area (Å²) in [5.41, 5.74) is 0.153. The van der Waals surface area contributed by atoms with Gasteiger partial charge in [-0.05, 0) is 0 Å². The van der Waals surface area contributed by atoms with Crippen molar-refractivity contribution in [2.75, 3.05) is 26.9 Å². The first-order valence-corrected chi connectivity index (χ1v) is 3.41. The molecule has 0 saturated carbocycles. The topological polar surface area (TPSA) is 52.4 Å².